The van der Waals surface area contributed by atoms with Crippen LogP contribution in [0.1, 0.15) is 94.9 Å². The van der Waals surface area contributed by atoms with Crippen LogP contribution in [0.25, 0.3) is 0 Å². The lowest BCUT2D eigenvalue weighted by atomic mass is 9.37. The topological polar surface area (TPSA) is 63.2 Å². The van der Waals surface area contributed by atoms with E-state index in [1.807, 2.05) is 41.5 Å². The van der Waals surface area contributed by atoms with Gasteiger partial charge in [-0.3, -0.25) is 4.79 Å². The van der Waals surface area contributed by atoms with Crippen molar-refractivity contribution in [3.05, 3.63) is 0 Å². The molecule has 0 N–H and O–H groups in total. The summed E-state index contributed by atoms with van der Waals surface area (Å²) in [5.41, 5.74) is -2.30. The number of esters is 1. The van der Waals surface area contributed by atoms with E-state index in [0.29, 0.717) is 25.6 Å². The Morgan fingerprint density at radius 1 is 0.906 bits per heavy atom. The van der Waals surface area contributed by atoms with Crippen LogP contribution in [0.5, 0.6) is 0 Å². The second-order valence-electron chi connectivity index (χ2n) is 12.1. The largest absolute Gasteiger partial charge is 0.458 e. The summed E-state index contributed by atoms with van der Waals surface area (Å²) in [6, 6.07) is 0. The lowest BCUT2D eigenvalue weighted by Crippen LogP contribution is -2.80. The Bertz CT molecular complexity index is 699. The highest BCUT2D eigenvalue weighted by atomic mass is 16.7. The van der Waals surface area contributed by atoms with Crippen LogP contribution in [0.4, 0.5) is 0 Å². The van der Waals surface area contributed by atoms with Crippen LogP contribution < -0.4 is 0 Å². The van der Waals surface area contributed by atoms with Gasteiger partial charge in [0.2, 0.25) is 0 Å². The summed E-state index contributed by atoms with van der Waals surface area (Å²) in [5, 5.41) is 0. The van der Waals surface area contributed by atoms with Gasteiger partial charge < -0.3 is 23.7 Å². The average molecular weight is 455 g/mol. The highest BCUT2D eigenvalue weighted by Crippen LogP contribution is 2.72. The fourth-order valence-electron chi connectivity index (χ4n) is 6.43. The minimum Gasteiger partial charge on any atom is -0.458 e. The molecule has 186 valence electrons. The van der Waals surface area contributed by atoms with Gasteiger partial charge in [-0.1, -0.05) is 20.8 Å². The van der Waals surface area contributed by atoms with Crippen molar-refractivity contribution in [1.29, 1.82) is 0 Å². The molecule has 32 heavy (non-hydrogen) atoms. The van der Waals surface area contributed by atoms with Gasteiger partial charge in [0.15, 0.2) is 12.6 Å². The first-order valence-electron chi connectivity index (χ1n) is 12.5. The van der Waals surface area contributed by atoms with Crippen molar-refractivity contribution >= 4 is 5.97 Å². The van der Waals surface area contributed by atoms with E-state index in [9.17, 15) is 4.79 Å². The summed E-state index contributed by atoms with van der Waals surface area (Å²) in [6.07, 6.45) is 2.60. The molecule has 0 saturated heterocycles. The molecule has 0 aromatic rings. The van der Waals surface area contributed by atoms with Crippen LogP contribution in [0.15, 0.2) is 0 Å². The van der Waals surface area contributed by atoms with E-state index >= 15 is 0 Å². The van der Waals surface area contributed by atoms with Crippen molar-refractivity contribution in [2.24, 2.45) is 22.7 Å². The smallest absolute Gasteiger partial charge is 0.312 e. The van der Waals surface area contributed by atoms with E-state index in [0.717, 1.165) is 19.3 Å². The minimum atomic E-state index is -0.605. The molecule has 3 aliphatic carbocycles. The summed E-state index contributed by atoms with van der Waals surface area (Å²) in [7, 11) is 0. The van der Waals surface area contributed by atoms with Gasteiger partial charge in [0.1, 0.15) is 5.60 Å². The van der Waals surface area contributed by atoms with Crippen molar-refractivity contribution in [2.45, 2.75) is 124 Å². The molecule has 0 aliphatic heterocycles. The lowest BCUT2D eigenvalue weighted by molar-refractivity contribution is -0.392. The van der Waals surface area contributed by atoms with Crippen molar-refractivity contribution in [1.82, 2.24) is 0 Å². The maximum atomic E-state index is 13.5. The summed E-state index contributed by atoms with van der Waals surface area (Å²) < 4.78 is 31.0. The number of hydrogen-bond donors (Lipinski definition) is 0. The van der Waals surface area contributed by atoms with Gasteiger partial charge in [0.25, 0.3) is 0 Å². The fourth-order valence-corrected chi connectivity index (χ4v) is 6.43. The van der Waals surface area contributed by atoms with Gasteiger partial charge in [-0.2, -0.15) is 0 Å². The molecule has 6 heteroatoms. The second kappa shape index (κ2) is 8.51. The van der Waals surface area contributed by atoms with Crippen LogP contribution in [0.3, 0.4) is 0 Å². The molecule has 3 rings (SSSR count). The van der Waals surface area contributed by atoms with E-state index in [4.69, 9.17) is 23.7 Å². The zero-order chi connectivity index (χ0) is 24.2. The Kier molecular flexibility index (Phi) is 6.90. The molecule has 3 fully saturated rings. The molecule has 0 heterocycles. The number of hydrogen-bond acceptors (Lipinski definition) is 6. The quantitative estimate of drug-likeness (QED) is 0.322. The van der Waals surface area contributed by atoms with Gasteiger partial charge in [-0.25, -0.2) is 0 Å². The van der Waals surface area contributed by atoms with Crippen LogP contribution in [-0.2, 0) is 28.5 Å². The van der Waals surface area contributed by atoms with E-state index in [-0.39, 0.29) is 29.9 Å². The molecular weight excluding hydrogens is 408 g/mol. The van der Waals surface area contributed by atoms with Gasteiger partial charge in [-0.05, 0) is 72.6 Å². The average Bonchev–Trinajstić information content (AvgIpc) is 2.57. The third kappa shape index (κ3) is 4.37. The SMILES string of the molecule is CCOC(C)OC1(C)CC2(OC(=O)C(C)(C)C(C)(C)C)CC3CC(OC(C)OCC)(C1)C32. The predicted octanol–water partition coefficient (Wildman–Crippen LogP) is 5.47. The molecule has 3 saturated carbocycles. The molecule has 7 unspecified atom stereocenters. The summed E-state index contributed by atoms with van der Waals surface area (Å²) in [4.78, 5) is 13.5. The third-order valence-corrected chi connectivity index (χ3v) is 8.50. The summed E-state index contributed by atoms with van der Waals surface area (Å²) in [6.45, 7) is 21.4. The zero-order valence-electron chi connectivity index (χ0n) is 22.0. The van der Waals surface area contributed by atoms with Crippen molar-refractivity contribution < 1.29 is 28.5 Å². The highest BCUT2D eigenvalue weighted by Gasteiger charge is 2.78. The van der Waals surface area contributed by atoms with Gasteiger partial charge in [0, 0.05) is 32.0 Å². The van der Waals surface area contributed by atoms with Crippen molar-refractivity contribution in [2.75, 3.05) is 13.2 Å². The van der Waals surface area contributed by atoms with Crippen LogP contribution in [0.2, 0.25) is 0 Å². The van der Waals surface area contributed by atoms with E-state index in [1.54, 1.807) is 0 Å². The van der Waals surface area contributed by atoms with Gasteiger partial charge in [-0.15, -0.1) is 0 Å². The lowest BCUT2D eigenvalue weighted by Gasteiger charge is -2.75. The molecule has 7 atom stereocenters. The number of carbonyl (C=O) groups excluding carboxylic acids is 1. The predicted molar refractivity (Wildman–Crippen MR) is 123 cm³/mol. The zero-order valence-corrected chi connectivity index (χ0v) is 22.0. The Labute approximate surface area is 195 Å². The molecule has 0 spiro atoms. The first-order chi connectivity index (χ1) is 14.6. The van der Waals surface area contributed by atoms with E-state index < -0.39 is 22.2 Å². The standard InChI is InChI=1S/C26H46O6/c1-11-28-17(3)30-24(10)15-25(31-18(4)29-12-2)13-19-14-26(16-24,20(19)25)32-21(27)23(8,9)22(5,6)7/h17-20H,11-16H2,1-10H3. The van der Waals surface area contributed by atoms with Gasteiger partial charge in [0.05, 0.1) is 16.6 Å². The van der Waals surface area contributed by atoms with Gasteiger partial charge >= 0.3 is 5.97 Å². The first-order valence-corrected chi connectivity index (χ1v) is 12.5. The monoisotopic (exact) mass is 454 g/mol. The van der Waals surface area contributed by atoms with E-state index in [1.165, 1.54) is 0 Å². The molecule has 6 nitrogen and oxygen atoms in total. The minimum absolute atomic E-state index is 0.135. The Balaban J connectivity index is 1.90. The molecule has 0 amide bonds. The molecule has 0 radical (unpaired) electrons. The normalized spacial score (nSPS) is 38.2. The fraction of sp³-hybridized carbons (Fsp3) is 0.962. The number of rotatable bonds is 10. The Morgan fingerprint density at radius 3 is 1.91 bits per heavy atom. The van der Waals surface area contributed by atoms with Crippen molar-refractivity contribution in [3.8, 4) is 0 Å². The van der Waals surface area contributed by atoms with Crippen LogP contribution in [0, 0.1) is 22.7 Å². The Hall–Kier alpha value is -0.690. The first kappa shape index (κ1) is 25.9. The van der Waals surface area contributed by atoms with Crippen LogP contribution >= 0.6 is 0 Å². The molecule has 0 aromatic heterocycles. The summed E-state index contributed by atoms with van der Waals surface area (Å²) >= 11 is 0. The van der Waals surface area contributed by atoms with E-state index in [2.05, 4.69) is 27.7 Å². The molecule has 0 aromatic carbocycles. The Morgan fingerprint density at radius 2 is 1.41 bits per heavy atom. The third-order valence-electron chi connectivity index (χ3n) is 8.50. The van der Waals surface area contributed by atoms with Crippen LogP contribution in [-0.4, -0.2) is 48.6 Å². The second-order valence-corrected chi connectivity index (χ2v) is 12.1. The number of carbonyl (C=O) groups is 1. The number of ether oxygens (including phenoxy) is 5. The maximum Gasteiger partial charge on any atom is 0.312 e. The molecule has 0 bridgehead atoms. The maximum absolute atomic E-state index is 13.5. The summed E-state index contributed by atoms with van der Waals surface area (Å²) in [5.74, 6) is 0.587. The molecule has 3 aliphatic rings. The van der Waals surface area contributed by atoms with Crippen molar-refractivity contribution in [3.63, 3.8) is 0 Å². The highest BCUT2D eigenvalue weighted by molar-refractivity contribution is 5.77. The molecular formula is C26H46O6.